The van der Waals surface area contributed by atoms with Crippen LogP contribution in [0, 0.1) is 0 Å². The van der Waals surface area contributed by atoms with Gasteiger partial charge in [-0.3, -0.25) is 14.4 Å². The van der Waals surface area contributed by atoms with Crippen molar-refractivity contribution in [2.45, 2.75) is 17.1 Å². The molecule has 0 bridgehead atoms. The molecule has 0 saturated heterocycles. The van der Waals surface area contributed by atoms with Gasteiger partial charge in [-0.15, -0.1) is 11.8 Å². The highest BCUT2D eigenvalue weighted by Gasteiger charge is 2.23. The summed E-state index contributed by atoms with van der Waals surface area (Å²) in [5.41, 5.74) is 3.11. The monoisotopic (exact) mass is 657 g/mol. The Morgan fingerprint density at radius 3 is 2.00 bits per heavy atom. The van der Waals surface area contributed by atoms with Gasteiger partial charge in [0.2, 0.25) is 5.91 Å². The van der Waals surface area contributed by atoms with Crippen molar-refractivity contribution in [2.75, 3.05) is 24.4 Å². The van der Waals surface area contributed by atoms with Crippen LogP contribution in [0.15, 0.2) is 144 Å². The Labute approximate surface area is 284 Å². The second-order valence-electron chi connectivity index (χ2n) is 10.5. The number of methoxy groups -OCH3 is 1. The number of nitrogens with one attached hydrogen (secondary N) is 3. The van der Waals surface area contributed by atoms with Gasteiger partial charge in [0.15, 0.2) is 0 Å². The maximum absolute atomic E-state index is 13.6. The number of carbonyl (C=O) groups is 3. The first-order valence-electron chi connectivity index (χ1n) is 15.3. The molecule has 242 valence electrons. The highest BCUT2D eigenvalue weighted by atomic mass is 32.2. The lowest BCUT2D eigenvalue weighted by Crippen LogP contribution is -2.30. The molecular formula is C39H35N3O5S. The molecule has 0 saturated carbocycles. The zero-order valence-electron chi connectivity index (χ0n) is 26.5. The van der Waals surface area contributed by atoms with Gasteiger partial charge < -0.3 is 25.4 Å². The summed E-state index contributed by atoms with van der Waals surface area (Å²) in [6.07, 6.45) is 1.58. The van der Waals surface area contributed by atoms with E-state index in [-0.39, 0.29) is 11.6 Å². The predicted molar refractivity (Wildman–Crippen MR) is 191 cm³/mol. The van der Waals surface area contributed by atoms with Crippen LogP contribution in [-0.4, -0.2) is 31.4 Å². The minimum Gasteiger partial charge on any atom is -0.496 e. The maximum Gasteiger partial charge on any atom is 0.272 e. The first kappa shape index (κ1) is 33.6. The van der Waals surface area contributed by atoms with E-state index in [1.165, 1.54) is 11.8 Å². The fourth-order valence-electron chi connectivity index (χ4n) is 4.74. The first-order chi connectivity index (χ1) is 23.4. The topological polar surface area (TPSA) is 106 Å². The molecule has 0 spiro atoms. The molecule has 0 aromatic heterocycles. The van der Waals surface area contributed by atoms with Crippen LogP contribution < -0.4 is 25.4 Å². The molecule has 0 aliphatic rings. The average Bonchev–Trinajstić information content (AvgIpc) is 3.12. The number of para-hydroxylation sites is 1. The van der Waals surface area contributed by atoms with Gasteiger partial charge in [-0.1, -0.05) is 66.7 Å². The van der Waals surface area contributed by atoms with E-state index in [9.17, 15) is 14.4 Å². The van der Waals surface area contributed by atoms with Crippen LogP contribution in [0.2, 0.25) is 0 Å². The van der Waals surface area contributed by atoms with Crippen LogP contribution in [0.4, 0.5) is 11.4 Å². The van der Waals surface area contributed by atoms with E-state index in [0.29, 0.717) is 34.9 Å². The zero-order chi connectivity index (χ0) is 33.7. The van der Waals surface area contributed by atoms with Crippen LogP contribution in [0.3, 0.4) is 0 Å². The molecule has 8 nitrogen and oxygen atoms in total. The summed E-state index contributed by atoms with van der Waals surface area (Å²) in [5, 5.41) is 8.10. The third-order valence-corrected chi connectivity index (χ3v) is 8.37. The van der Waals surface area contributed by atoms with Crippen molar-refractivity contribution < 1.29 is 23.9 Å². The third kappa shape index (κ3) is 9.14. The molecule has 3 amide bonds. The van der Waals surface area contributed by atoms with Crippen LogP contribution in [-0.2, 0) is 9.59 Å². The third-order valence-electron chi connectivity index (χ3n) is 7.11. The molecule has 5 aromatic rings. The van der Waals surface area contributed by atoms with Gasteiger partial charge in [-0.25, -0.2) is 0 Å². The van der Waals surface area contributed by atoms with Crippen molar-refractivity contribution in [2.24, 2.45) is 0 Å². The van der Waals surface area contributed by atoms with Gasteiger partial charge in [0.05, 0.1) is 13.7 Å². The Kier molecular flexibility index (Phi) is 11.7. The fraction of sp³-hybridized carbons (Fsp3) is 0.103. The Hall–Kier alpha value is -5.80. The molecule has 5 rings (SSSR count). The van der Waals surface area contributed by atoms with Gasteiger partial charge >= 0.3 is 0 Å². The lowest BCUT2D eigenvalue weighted by Gasteiger charge is -2.18. The quantitative estimate of drug-likeness (QED) is 0.0876. The van der Waals surface area contributed by atoms with E-state index in [4.69, 9.17) is 9.47 Å². The zero-order valence-corrected chi connectivity index (χ0v) is 27.3. The van der Waals surface area contributed by atoms with Gasteiger partial charge in [0.1, 0.15) is 22.4 Å². The number of carbonyl (C=O) groups excluding carboxylic acids is 3. The van der Waals surface area contributed by atoms with E-state index in [0.717, 1.165) is 16.2 Å². The summed E-state index contributed by atoms with van der Waals surface area (Å²) in [5.74, 6) is 0.180. The largest absolute Gasteiger partial charge is 0.496 e. The smallest absolute Gasteiger partial charge is 0.272 e. The minimum atomic E-state index is -0.540. The van der Waals surface area contributed by atoms with E-state index in [1.807, 2.05) is 91.9 Å². The SMILES string of the molecule is CCOc1ccc(NC(=O)C(Sc2ccc(NC(=O)/C(=C/c3ccccc3OC)NC(=O)c3ccccc3)cc2)c2ccccc2)cc1. The standard InChI is InChI=1S/C39H35N3O5S/c1-3-47-32-22-18-30(19-23-32)41-39(45)36(27-12-6-4-7-13-27)48-33-24-20-31(21-25-33)40-38(44)34(26-29-16-10-11-17-35(29)46-2)42-37(43)28-14-8-5-9-15-28/h4-26,36H,3H2,1-2H3,(H,40,44)(H,41,45)(H,42,43)/b34-26-. The number of hydrogen-bond donors (Lipinski definition) is 3. The Balaban J connectivity index is 1.32. The van der Waals surface area contributed by atoms with Gasteiger partial charge in [-0.05, 0) is 85.3 Å². The van der Waals surface area contributed by atoms with Crippen molar-refractivity contribution in [3.8, 4) is 11.5 Å². The second-order valence-corrected chi connectivity index (χ2v) is 11.6. The molecule has 3 N–H and O–H groups in total. The predicted octanol–water partition coefficient (Wildman–Crippen LogP) is 7.98. The summed E-state index contributed by atoms with van der Waals surface area (Å²) in [7, 11) is 1.54. The van der Waals surface area contributed by atoms with Crippen molar-refractivity contribution in [3.05, 3.63) is 156 Å². The Bertz CT molecular complexity index is 1860. The molecule has 0 radical (unpaired) electrons. The van der Waals surface area contributed by atoms with Crippen LogP contribution in [0.5, 0.6) is 11.5 Å². The van der Waals surface area contributed by atoms with E-state index in [1.54, 1.807) is 61.7 Å². The van der Waals surface area contributed by atoms with Crippen molar-refractivity contribution in [1.82, 2.24) is 5.32 Å². The molecule has 1 unspecified atom stereocenters. The number of rotatable bonds is 13. The molecule has 0 heterocycles. The van der Waals surface area contributed by atoms with Gasteiger partial charge in [-0.2, -0.15) is 0 Å². The number of amides is 3. The van der Waals surface area contributed by atoms with Crippen LogP contribution >= 0.6 is 11.8 Å². The molecular weight excluding hydrogens is 623 g/mol. The van der Waals surface area contributed by atoms with E-state index < -0.39 is 17.1 Å². The molecule has 48 heavy (non-hydrogen) atoms. The molecule has 1 atom stereocenters. The number of thioether (sulfide) groups is 1. The number of anilines is 2. The summed E-state index contributed by atoms with van der Waals surface area (Å²) in [4.78, 5) is 40.9. The number of ether oxygens (including phenoxy) is 2. The minimum absolute atomic E-state index is 0.0434. The van der Waals surface area contributed by atoms with Crippen molar-refractivity contribution >= 4 is 46.9 Å². The molecule has 0 fully saturated rings. The normalized spacial score (nSPS) is 11.6. The highest BCUT2D eigenvalue weighted by Crippen LogP contribution is 2.37. The molecule has 0 aliphatic carbocycles. The molecule has 9 heteroatoms. The Morgan fingerprint density at radius 1 is 0.729 bits per heavy atom. The van der Waals surface area contributed by atoms with Crippen LogP contribution in [0.1, 0.15) is 33.7 Å². The summed E-state index contributed by atoms with van der Waals surface area (Å²) >= 11 is 1.39. The van der Waals surface area contributed by atoms with Gasteiger partial charge in [0.25, 0.3) is 11.8 Å². The van der Waals surface area contributed by atoms with E-state index in [2.05, 4.69) is 16.0 Å². The van der Waals surface area contributed by atoms with Gasteiger partial charge in [0, 0.05) is 27.4 Å². The lowest BCUT2D eigenvalue weighted by atomic mass is 10.1. The number of benzene rings is 5. The van der Waals surface area contributed by atoms with Crippen molar-refractivity contribution in [3.63, 3.8) is 0 Å². The lowest BCUT2D eigenvalue weighted by molar-refractivity contribution is -0.116. The average molecular weight is 658 g/mol. The first-order valence-corrected chi connectivity index (χ1v) is 16.2. The Morgan fingerprint density at radius 2 is 1.33 bits per heavy atom. The highest BCUT2D eigenvalue weighted by molar-refractivity contribution is 8.00. The number of hydrogen-bond acceptors (Lipinski definition) is 6. The fourth-order valence-corrected chi connectivity index (χ4v) is 5.77. The second kappa shape index (κ2) is 16.7. The van der Waals surface area contributed by atoms with Crippen LogP contribution in [0.25, 0.3) is 6.08 Å². The summed E-state index contributed by atoms with van der Waals surface area (Å²) in [6.45, 7) is 2.48. The maximum atomic E-state index is 13.6. The molecule has 0 aliphatic heterocycles. The van der Waals surface area contributed by atoms with E-state index >= 15 is 0 Å². The summed E-state index contributed by atoms with van der Waals surface area (Å²) < 4.78 is 11.0. The summed E-state index contributed by atoms with van der Waals surface area (Å²) in [6, 6.07) is 39.9. The molecule has 5 aromatic carbocycles. The van der Waals surface area contributed by atoms with Crippen molar-refractivity contribution in [1.29, 1.82) is 0 Å².